The summed E-state index contributed by atoms with van der Waals surface area (Å²) in [6.07, 6.45) is 0. The Hall–Kier alpha value is -0.670. The maximum Gasteiger partial charge on any atom is 0.0464 e. The average Bonchev–Trinajstić information content (AvgIpc) is 2.16. The standard InChI is InChI=1S/C11H17NOS/c1-8(6-13)7-14-11-9(2)4-3-5-10(11)12/h3-5,8,13H,6-7,12H2,1-2H3. The van der Waals surface area contributed by atoms with Gasteiger partial charge < -0.3 is 10.8 Å². The molecule has 0 spiro atoms. The Morgan fingerprint density at radius 2 is 2.21 bits per heavy atom. The van der Waals surface area contributed by atoms with E-state index in [-0.39, 0.29) is 6.61 Å². The Morgan fingerprint density at radius 1 is 1.50 bits per heavy atom. The SMILES string of the molecule is Cc1cccc(N)c1SCC(C)CO. The zero-order valence-electron chi connectivity index (χ0n) is 8.66. The number of thioether (sulfide) groups is 1. The number of aliphatic hydroxyl groups is 1. The van der Waals surface area contributed by atoms with Gasteiger partial charge in [0.15, 0.2) is 0 Å². The van der Waals surface area contributed by atoms with Crippen molar-refractivity contribution in [2.24, 2.45) is 5.92 Å². The van der Waals surface area contributed by atoms with Gasteiger partial charge in [-0.3, -0.25) is 0 Å². The van der Waals surface area contributed by atoms with Gasteiger partial charge >= 0.3 is 0 Å². The molecule has 0 aliphatic heterocycles. The van der Waals surface area contributed by atoms with Crippen LogP contribution in [0.1, 0.15) is 12.5 Å². The van der Waals surface area contributed by atoms with Crippen LogP contribution in [0.25, 0.3) is 0 Å². The molecule has 1 rings (SSSR count). The van der Waals surface area contributed by atoms with Crippen LogP contribution in [-0.2, 0) is 0 Å². The molecule has 0 aliphatic carbocycles. The lowest BCUT2D eigenvalue weighted by molar-refractivity contribution is 0.250. The van der Waals surface area contributed by atoms with Gasteiger partial charge in [0.25, 0.3) is 0 Å². The van der Waals surface area contributed by atoms with Crippen LogP contribution < -0.4 is 5.73 Å². The minimum Gasteiger partial charge on any atom is -0.398 e. The van der Waals surface area contributed by atoms with E-state index in [4.69, 9.17) is 10.8 Å². The predicted octanol–water partition coefficient (Wildman–Crippen LogP) is 2.30. The maximum atomic E-state index is 8.91. The summed E-state index contributed by atoms with van der Waals surface area (Å²) in [6, 6.07) is 5.94. The van der Waals surface area contributed by atoms with Crippen molar-refractivity contribution in [1.82, 2.24) is 0 Å². The van der Waals surface area contributed by atoms with Crippen molar-refractivity contribution in [2.75, 3.05) is 18.1 Å². The molecule has 2 nitrogen and oxygen atoms in total. The second-order valence-corrected chi connectivity index (χ2v) is 4.62. The Kier molecular flexibility index (Phi) is 4.29. The third-order valence-corrected chi connectivity index (χ3v) is 3.65. The molecule has 14 heavy (non-hydrogen) atoms. The Labute approximate surface area is 89.5 Å². The van der Waals surface area contributed by atoms with Crippen LogP contribution >= 0.6 is 11.8 Å². The zero-order chi connectivity index (χ0) is 10.6. The molecule has 3 N–H and O–H groups in total. The number of aliphatic hydroxyl groups excluding tert-OH is 1. The smallest absolute Gasteiger partial charge is 0.0464 e. The van der Waals surface area contributed by atoms with Crippen molar-refractivity contribution in [3.05, 3.63) is 23.8 Å². The van der Waals surface area contributed by atoms with E-state index in [1.165, 1.54) is 5.56 Å². The molecule has 0 amide bonds. The van der Waals surface area contributed by atoms with E-state index in [2.05, 4.69) is 13.0 Å². The Morgan fingerprint density at radius 3 is 2.79 bits per heavy atom. The van der Waals surface area contributed by atoms with Gasteiger partial charge in [-0.2, -0.15) is 0 Å². The van der Waals surface area contributed by atoms with Crippen molar-refractivity contribution in [2.45, 2.75) is 18.7 Å². The third kappa shape index (κ3) is 2.93. The van der Waals surface area contributed by atoms with Crippen LogP contribution in [0.2, 0.25) is 0 Å². The fourth-order valence-electron chi connectivity index (χ4n) is 1.15. The van der Waals surface area contributed by atoms with Crippen molar-refractivity contribution >= 4 is 17.4 Å². The van der Waals surface area contributed by atoms with Gasteiger partial charge in [-0.1, -0.05) is 19.1 Å². The number of nitrogens with two attached hydrogens (primary N) is 1. The molecule has 78 valence electrons. The van der Waals surface area contributed by atoms with Gasteiger partial charge in [0, 0.05) is 22.9 Å². The first-order chi connectivity index (χ1) is 6.65. The van der Waals surface area contributed by atoms with Gasteiger partial charge in [-0.15, -0.1) is 11.8 Å². The van der Waals surface area contributed by atoms with Crippen LogP contribution in [0.15, 0.2) is 23.1 Å². The summed E-state index contributed by atoms with van der Waals surface area (Å²) in [5.41, 5.74) is 7.91. The van der Waals surface area contributed by atoms with Gasteiger partial charge in [-0.05, 0) is 24.5 Å². The molecule has 1 unspecified atom stereocenters. The predicted molar refractivity (Wildman–Crippen MR) is 62.6 cm³/mol. The molecule has 3 heteroatoms. The summed E-state index contributed by atoms with van der Waals surface area (Å²) in [7, 11) is 0. The van der Waals surface area contributed by atoms with Gasteiger partial charge in [0.2, 0.25) is 0 Å². The number of anilines is 1. The minimum absolute atomic E-state index is 0.235. The Balaban J connectivity index is 2.66. The van der Waals surface area contributed by atoms with Gasteiger partial charge in [0.1, 0.15) is 0 Å². The average molecular weight is 211 g/mol. The fourth-order valence-corrected chi connectivity index (χ4v) is 2.24. The van der Waals surface area contributed by atoms with E-state index in [0.29, 0.717) is 5.92 Å². The van der Waals surface area contributed by atoms with Gasteiger partial charge in [-0.25, -0.2) is 0 Å². The van der Waals surface area contributed by atoms with E-state index in [1.54, 1.807) is 11.8 Å². The van der Waals surface area contributed by atoms with E-state index >= 15 is 0 Å². The first-order valence-electron chi connectivity index (χ1n) is 4.74. The highest BCUT2D eigenvalue weighted by molar-refractivity contribution is 7.99. The molecule has 0 radical (unpaired) electrons. The van der Waals surface area contributed by atoms with E-state index < -0.39 is 0 Å². The summed E-state index contributed by atoms with van der Waals surface area (Å²) in [4.78, 5) is 1.15. The molecule has 0 bridgehead atoms. The zero-order valence-corrected chi connectivity index (χ0v) is 9.47. The maximum absolute atomic E-state index is 8.91. The van der Waals surface area contributed by atoms with Gasteiger partial charge in [0.05, 0.1) is 0 Å². The Bertz CT molecular complexity index is 281. The number of hydrogen-bond acceptors (Lipinski definition) is 3. The third-order valence-electron chi connectivity index (χ3n) is 2.07. The van der Waals surface area contributed by atoms with E-state index in [1.807, 2.05) is 19.1 Å². The van der Waals surface area contributed by atoms with Crippen LogP contribution in [-0.4, -0.2) is 17.5 Å². The number of benzene rings is 1. The van der Waals surface area contributed by atoms with E-state index in [9.17, 15) is 0 Å². The molecule has 0 heterocycles. The lowest BCUT2D eigenvalue weighted by Gasteiger charge is -2.11. The van der Waals surface area contributed by atoms with E-state index in [0.717, 1.165) is 16.3 Å². The highest BCUT2D eigenvalue weighted by atomic mass is 32.2. The summed E-state index contributed by atoms with van der Waals surface area (Å²) < 4.78 is 0. The molecular weight excluding hydrogens is 194 g/mol. The minimum atomic E-state index is 0.235. The second kappa shape index (κ2) is 5.27. The quantitative estimate of drug-likeness (QED) is 0.593. The molecule has 0 aliphatic rings. The van der Waals surface area contributed by atoms with Crippen molar-refractivity contribution in [1.29, 1.82) is 0 Å². The molecule has 0 saturated carbocycles. The largest absolute Gasteiger partial charge is 0.398 e. The monoisotopic (exact) mass is 211 g/mol. The van der Waals surface area contributed by atoms with Crippen molar-refractivity contribution < 1.29 is 5.11 Å². The normalized spacial score (nSPS) is 12.8. The molecule has 1 aromatic carbocycles. The number of nitrogen functional groups attached to an aromatic ring is 1. The van der Waals surface area contributed by atoms with Crippen LogP contribution in [0.3, 0.4) is 0 Å². The second-order valence-electron chi connectivity index (χ2n) is 3.59. The van der Waals surface area contributed by atoms with Crippen LogP contribution in [0.4, 0.5) is 5.69 Å². The lowest BCUT2D eigenvalue weighted by Crippen LogP contribution is -2.04. The molecule has 1 atom stereocenters. The summed E-state index contributed by atoms with van der Waals surface area (Å²) >= 11 is 1.72. The highest BCUT2D eigenvalue weighted by Crippen LogP contribution is 2.29. The topological polar surface area (TPSA) is 46.2 Å². The molecule has 0 aromatic heterocycles. The first-order valence-corrected chi connectivity index (χ1v) is 5.72. The molecule has 0 fully saturated rings. The highest BCUT2D eigenvalue weighted by Gasteiger charge is 2.06. The first kappa shape index (κ1) is 11.4. The number of rotatable bonds is 4. The summed E-state index contributed by atoms with van der Waals surface area (Å²) in [6.45, 7) is 4.32. The molecule has 0 saturated heterocycles. The molecular formula is C11H17NOS. The summed E-state index contributed by atoms with van der Waals surface area (Å²) in [5, 5.41) is 8.91. The van der Waals surface area contributed by atoms with Crippen LogP contribution in [0.5, 0.6) is 0 Å². The molecule has 1 aromatic rings. The number of hydrogen-bond donors (Lipinski definition) is 2. The summed E-state index contributed by atoms with van der Waals surface area (Å²) in [5.74, 6) is 1.23. The van der Waals surface area contributed by atoms with Crippen molar-refractivity contribution in [3.63, 3.8) is 0 Å². The van der Waals surface area contributed by atoms with Crippen molar-refractivity contribution in [3.8, 4) is 0 Å². The number of aryl methyl sites for hydroxylation is 1. The lowest BCUT2D eigenvalue weighted by atomic mass is 10.2. The van der Waals surface area contributed by atoms with Crippen LogP contribution in [0, 0.1) is 12.8 Å². The fraction of sp³-hybridized carbons (Fsp3) is 0.455.